The smallest absolute Gasteiger partial charge is 0.123 e. The lowest BCUT2D eigenvalue weighted by Gasteiger charge is -2.12. The molecule has 0 bridgehead atoms. The van der Waals surface area contributed by atoms with Crippen molar-refractivity contribution in [3.63, 3.8) is 0 Å². The van der Waals surface area contributed by atoms with Crippen LogP contribution in [0.15, 0.2) is 18.3 Å². The zero-order chi connectivity index (χ0) is 11.4. The molecule has 0 saturated heterocycles. The van der Waals surface area contributed by atoms with Crippen molar-refractivity contribution in [3.05, 3.63) is 23.9 Å². The van der Waals surface area contributed by atoms with Crippen LogP contribution >= 0.6 is 0 Å². The zero-order valence-electron chi connectivity index (χ0n) is 9.95. The summed E-state index contributed by atoms with van der Waals surface area (Å²) in [6, 6.07) is 4.84. The van der Waals surface area contributed by atoms with E-state index in [4.69, 9.17) is 5.73 Å². The van der Waals surface area contributed by atoms with Crippen molar-refractivity contribution in [3.8, 4) is 0 Å². The van der Waals surface area contributed by atoms with Crippen LogP contribution in [-0.2, 0) is 6.42 Å². The number of nitrogen functional groups attached to an aromatic ring is 1. The Morgan fingerprint density at radius 3 is 3.06 bits per heavy atom. The van der Waals surface area contributed by atoms with Crippen LogP contribution in [0.2, 0.25) is 0 Å². The highest BCUT2D eigenvalue weighted by atomic mass is 14.9. The third-order valence-electron chi connectivity index (χ3n) is 3.10. The maximum Gasteiger partial charge on any atom is 0.123 e. The highest BCUT2D eigenvalue weighted by Crippen LogP contribution is 2.19. The standard InChI is InChI=1S/C13H21N3/c1-10(9-16-12-4-5-12)2-3-11-6-7-15-13(14)8-11/h6-8,10,12,16H,2-5,9H2,1H3,(H2,14,15). The van der Waals surface area contributed by atoms with Gasteiger partial charge in [-0.05, 0) is 55.8 Å². The third kappa shape index (κ3) is 3.81. The monoisotopic (exact) mass is 219 g/mol. The molecule has 1 saturated carbocycles. The van der Waals surface area contributed by atoms with E-state index >= 15 is 0 Å². The molecule has 88 valence electrons. The fourth-order valence-electron chi connectivity index (χ4n) is 1.82. The van der Waals surface area contributed by atoms with Gasteiger partial charge in [0.05, 0.1) is 0 Å². The van der Waals surface area contributed by atoms with Crippen molar-refractivity contribution in [2.24, 2.45) is 5.92 Å². The van der Waals surface area contributed by atoms with Gasteiger partial charge in [-0.2, -0.15) is 0 Å². The van der Waals surface area contributed by atoms with Crippen molar-refractivity contribution in [1.29, 1.82) is 0 Å². The van der Waals surface area contributed by atoms with Crippen LogP contribution in [-0.4, -0.2) is 17.6 Å². The lowest BCUT2D eigenvalue weighted by Crippen LogP contribution is -2.23. The summed E-state index contributed by atoms with van der Waals surface area (Å²) in [6.45, 7) is 3.45. The second-order valence-corrected chi connectivity index (χ2v) is 4.92. The topological polar surface area (TPSA) is 50.9 Å². The van der Waals surface area contributed by atoms with Crippen molar-refractivity contribution >= 4 is 5.82 Å². The Hall–Kier alpha value is -1.09. The Bertz CT molecular complexity index is 334. The van der Waals surface area contributed by atoms with Crippen LogP contribution in [0.4, 0.5) is 5.82 Å². The Morgan fingerprint density at radius 2 is 2.38 bits per heavy atom. The first-order valence-corrected chi connectivity index (χ1v) is 6.18. The Kier molecular flexibility index (Phi) is 3.78. The number of hydrogen-bond acceptors (Lipinski definition) is 3. The van der Waals surface area contributed by atoms with Crippen molar-refractivity contribution < 1.29 is 0 Å². The van der Waals surface area contributed by atoms with Gasteiger partial charge in [0.15, 0.2) is 0 Å². The van der Waals surface area contributed by atoms with E-state index in [1.807, 2.05) is 6.07 Å². The van der Waals surface area contributed by atoms with E-state index in [0.29, 0.717) is 5.82 Å². The molecule has 1 aromatic rings. The number of hydrogen-bond donors (Lipinski definition) is 2. The number of anilines is 1. The van der Waals surface area contributed by atoms with E-state index in [1.165, 1.54) is 24.8 Å². The molecule has 0 aliphatic heterocycles. The molecular formula is C13H21N3. The molecule has 1 heterocycles. The minimum Gasteiger partial charge on any atom is -0.384 e. The molecule has 1 atom stereocenters. The van der Waals surface area contributed by atoms with E-state index in [0.717, 1.165) is 24.9 Å². The van der Waals surface area contributed by atoms with Crippen LogP contribution in [0.1, 0.15) is 31.7 Å². The first kappa shape index (κ1) is 11.4. The molecule has 0 radical (unpaired) electrons. The Balaban J connectivity index is 1.69. The molecule has 0 spiro atoms. The van der Waals surface area contributed by atoms with E-state index < -0.39 is 0 Å². The Labute approximate surface area is 97.5 Å². The predicted molar refractivity (Wildman–Crippen MR) is 67.2 cm³/mol. The van der Waals surface area contributed by atoms with E-state index in [2.05, 4.69) is 23.3 Å². The van der Waals surface area contributed by atoms with Crippen LogP contribution < -0.4 is 11.1 Å². The quantitative estimate of drug-likeness (QED) is 0.769. The molecule has 3 nitrogen and oxygen atoms in total. The fraction of sp³-hybridized carbons (Fsp3) is 0.615. The zero-order valence-corrected chi connectivity index (χ0v) is 9.95. The Morgan fingerprint density at radius 1 is 1.56 bits per heavy atom. The summed E-state index contributed by atoms with van der Waals surface area (Å²) < 4.78 is 0. The molecule has 1 fully saturated rings. The predicted octanol–water partition coefficient (Wildman–Crippen LogP) is 1.98. The molecular weight excluding hydrogens is 198 g/mol. The van der Waals surface area contributed by atoms with Crippen molar-refractivity contribution in [1.82, 2.24) is 10.3 Å². The van der Waals surface area contributed by atoms with Crippen LogP contribution in [0, 0.1) is 5.92 Å². The molecule has 1 aromatic heterocycles. The molecule has 2 rings (SSSR count). The van der Waals surface area contributed by atoms with Gasteiger partial charge in [0.25, 0.3) is 0 Å². The average molecular weight is 219 g/mol. The van der Waals surface area contributed by atoms with E-state index in [9.17, 15) is 0 Å². The first-order chi connectivity index (χ1) is 7.74. The van der Waals surface area contributed by atoms with E-state index in [-0.39, 0.29) is 0 Å². The molecule has 1 aliphatic rings. The molecule has 0 amide bonds. The minimum atomic E-state index is 0.626. The third-order valence-corrected chi connectivity index (χ3v) is 3.10. The summed E-state index contributed by atoms with van der Waals surface area (Å²) in [5.74, 6) is 1.36. The molecule has 0 aromatic carbocycles. The highest BCUT2D eigenvalue weighted by molar-refractivity contribution is 5.31. The molecule has 3 heteroatoms. The summed E-state index contributed by atoms with van der Waals surface area (Å²) >= 11 is 0. The number of aryl methyl sites for hydroxylation is 1. The van der Waals surface area contributed by atoms with Gasteiger partial charge in [-0.15, -0.1) is 0 Å². The van der Waals surface area contributed by atoms with Gasteiger partial charge in [-0.1, -0.05) is 6.92 Å². The van der Waals surface area contributed by atoms with Crippen LogP contribution in [0.5, 0.6) is 0 Å². The number of rotatable bonds is 6. The lowest BCUT2D eigenvalue weighted by molar-refractivity contribution is 0.480. The molecule has 16 heavy (non-hydrogen) atoms. The number of nitrogens with one attached hydrogen (secondary N) is 1. The molecule has 1 aliphatic carbocycles. The van der Waals surface area contributed by atoms with Crippen LogP contribution in [0.3, 0.4) is 0 Å². The number of pyridine rings is 1. The van der Waals surface area contributed by atoms with Gasteiger partial charge < -0.3 is 11.1 Å². The van der Waals surface area contributed by atoms with E-state index in [1.54, 1.807) is 6.20 Å². The number of nitrogens with two attached hydrogens (primary N) is 1. The van der Waals surface area contributed by atoms with Gasteiger partial charge in [-0.3, -0.25) is 0 Å². The molecule has 3 N–H and O–H groups in total. The fourth-order valence-corrected chi connectivity index (χ4v) is 1.82. The lowest BCUT2D eigenvalue weighted by atomic mass is 10.0. The first-order valence-electron chi connectivity index (χ1n) is 6.18. The van der Waals surface area contributed by atoms with Gasteiger partial charge >= 0.3 is 0 Å². The van der Waals surface area contributed by atoms with Crippen LogP contribution in [0.25, 0.3) is 0 Å². The van der Waals surface area contributed by atoms with Crippen molar-refractivity contribution in [2.45, 2.75) is 38.6 Å². The SMILES string of the molecule is CC(CCc1ccnc(N)c1)CNC1CC1. The average Bonchev–Trinajstić information content (AvgIpc) is 3.07. The summed E-state index contributed by atoms with van der Waals surface area (Å²) in [5, 5.41) is 3.57. The number of aromatic nitrogens is 1. The van der Waals surface area contributed by atoms with Gasteiger partial charge in [-0.25, -0.2) is 4.98 Å². The normalized spacial score (nSPS) is 17.3. The van der Waals surface area contributed by atoms with Gasteiger partial charge in [0.2, 0.25) is 0 Å². The van der Waals surface area contributed by atoms with Gasteiger partial charge in [0.1, 0.15) is 5.82 Å². The molecule has 1 unspecified atom stereocenters. The summed E-state index contributed by atoms with van der Waals surface area (Å²) in [5.41, 5.74) is 6.95. The second kappa shape index (κ2) is 5.30. The largest absolute Gasteiger partial charge is 0.384 e. The minimum absolute atomic E-state index is 0.626. The maximum absolute atomic E-state index is 5.65. The maximum atomic E-state index is 5.65. The van der Waals surface area contributed by atoms with Gasteiger partial charge in [0, 0.05) is 12.2 Å². The number of nitrogens with zero attached hydrogens (tertiary/aromatic N) is 1. The summed E-state index contributed by atoms with van der Waals surface area (Å²) in [7, 11) is 0. The summed E-state index contributed by atoms with van der Waals surface area (Å²) in [4.78, 5) is 4.00. The second-order valence-electron chi connectivity index (χ2n) is 4.92. The summed E-state index contributed by atoms with van der Waals surface area (Å²) in [6.07, 6.45) is 6.84. The highest BCUT2D eigenvalue weighted by Gasteiger charge is 2.20. The van der Waals surface area contributed by atoms with Crippen molar-refractivity contribution in [2.75, 3.05) is 12.3 Å².